The molecule has 0 saturated carbocycles. The van der Waals surface area contributed by atoms with Crippen LogP contribution in [-0.2, 0) is 5.92 Å². The molecule has 0 saturated heterocycles. The minimum absolute atomic E-state index is 0.0935. The van der Waals surface area contributed by atoms with Crippen molar-refractivity contribution in [3.05, 3.63) is 34.9 Å². The summed E-state index contributed by atoms with van der Waals surface area (Å²) in [6.45, 7) is 0. The van der Waals surface area contributed by atoms with E-state index in [1.54, 1.807) is 0 Å². The van der Waals surface area contributed by atoms with Crippen LogP contribution in [0.1, 0.15) is 29.2 Å². The van der Waals surface area contributed by atoms with Crippen molar-refractivity contribution < 1.29 is 8.78 Å². The quantitative estimate of drug-likeness (QED) is 0.687. The van der Waals surface area contributed by atoms with Crippen molar-refractivity contribution in [3.8, 4) is 6.07 Å². The fourth-order valence-corrected chi connectivity index (χ4v) is 1.76. The molecule has 14 heavy (non-hydrogen) atoms. The van der Waals surface area contributed by atoms with Gasteiger partial charge in [0.25, 0.3) is 5.92 Å². The number of nitriles is 1. The zero-order valence-corrected chi connectivity index (χ0v) is 7.30. The van der Waals surface area contributed by atoms with Gasteiger partial charge in [-0.3, -0.25) is 0 Å². The van der Waals surface area contributed by atoms with E-state index in [1.807, 2.05) is 6.07 Å². The molecule has 0 unspecified atom stereocenters. The maximum absolute atomic E-state index is 13.3. The molecule has 0 radical (unpaired) electrons. The van der Waals surface area contributed by atoms with Gasteiger partial charge in [-0.1, -0.05) is 6.07 Å². The van der Waals surface area contributed by atoms with Crippen LogP contribution >= 0.6 is 0 Å². The Balaban J connectivity index is 2.60. The third-order valence-electron chi connectivity index (χ3n) is 2.45. The van der Waals surface area contributed by atoms with E-state index in [4.69, 9.17) is 11.0 Å². The van der Waals surface area contributed by atoms with E-state index >= 15 is 0 Å². The Morgan fingerprint density at radius 2 is 2.21 bits per heavy atom. The second-order valence-electron chi connectivity index (χ2n) is 3.43. The average Bonchev–Trinajstić information content (AvgIpc) is 2.37. The first-order valence-corrected chi connectivity index (χ1v) is 4.22. The molecule has 2 rings (SSSR count). The smallest absolute Gasteiger partial charge is 0.275 e. The Hall–Kier alpha value is -1.47. The first-order valence-electron chi connectivity index (χ1n) is 4.22. The monoisotopic (exact) mass is 194 g/mol. The summed E-state index contributed by atoms with van der Waals surface area (Å²) < 4.78 is 26.6. The maximum Gasteiger partial charge on any atom is 0.275 e. The minimum Gasteiger partial charge on any atom is -0.324 e. The molecule has 0 amide bonds. The molecule has 0 aliphatic heterocycles. The van der Waals surface area contributed by atoms with Crippen LogP contribution in [0.5, 0.6) is 0 Å². The van der Waals surface area contributed by atoms with Crippen LogP contribution in [0.4, 0.5) is 8.78 Å². The van der Waals surface area contributed by atoms with Crippen molar-refractivity contribution in [1.29, 1.82) is 5.26 Å². The number of halogens is 2. The topological polar surface area (TPSA) is 49.8 Å². The molecular formula is C10H8F2N2. The summed E-state index contributed by atoms with van der Waals surface area (Å²) in [6, 6.07) is 5.47. The van der Waals surface area contributed by atoms with Gasteiger partial charge in [-0.25, -0.2) is 8.78 Å². The molecule has 0 fully saturated rings. The highest BCUT2D eigenvalue weighted by molar-refractivity contribution is 5.44. The van der Waals surface area contributed by atoms with Gasteiger partial charge in [0.1, 0.15) is 0 Å². The van der Waals surface area contributed by atoms with E-state index in [0.29, 0.717) is 5.56 Å². The number of fused-ring (bicyclic) bond motifs is 1. The Morgan fingerprint density at radius 1 is 1.50 bits per heavy atom. The highest BCUT2D eigenvalue weighted by Crippen LogP contribution is 2.46. The Labute approximate surface area is 79.9 Å². The number of nitrogens with two attached hydrogens (primary N) is 1. The van der Waals surface area contributed by atoms with Crippen molar-refractivity contribution >= 4 is 0 Å². The van der Waals surface area contributed by atoms with Gasteiger partial charge in [-0.2, -0.15) is 5.26 Å². The summed E-state index contributed by atoms with van der Waals surface area (Å²) in [6.07, 6.45) is -0.364. The predicted octanol–water partition coefficient (Wildman–Crippen LogP) is 2.05. The Bertz CT molecular complexity index is 421. The maximum atomic E-state index is 13.3. The van der Waals surface area contributed by atoms with Gasteiger partial charge in [0.2, 0.25) is 0 Å². The van der Waals surface area contributed by atoms with Crippen LogP contribution in [-0.4, -0.2) is 0 Å². The van der Waals surface area contributed by atoms with Crippen LogP contribution < -0.4 is 5.73 Å². The van der Waals surface area contributed by atoms with Crippen LogP contribution in [0.3, 0.4) is 0 Å². The number of benzene rings is 1. The van der Waals surface area contributed by atoms with E-state index in [2.05, 4.69) is 0 Å². The molecule has 1 atom stereocenters. The van der Waals surface area contributed by atoms with E-state index in [9.17, 15) is 8.78 Å². The van der Waals surface area contributed by atoms with Crippen LogP contribution in [0.2, 0.25) is 0 Å². The first-order chi connectivity index (χ1) is 6.54. The van der Waals surface area contributed by atoms with E-state index < -0.39 is 12.0 Å². The predicted molar refractivity (Wildman–Crippen MR) is 46.6 cm³/mol. The largest absolute Gasteiger partial charge is 0.324 e. The highest BCUT2D eigenvalue weighted by Gasteiger charge is 2.43. The molecule has 0 bridgehead atoms. The summed E-state index contributed by atoms with van der Waals surface area (Å²) in [5.74, 6) is -2.89. The van der Waals surface area contributed by atoms with Crippen molar-refractivity contribution in [2.24, 2.45) is 5.73 Å². The standard InChI is InChI=1S/C10H8F2N2/c11-10(12)4-9(14)7-2-1-6(5-13)3-8(7)10/h1-3,9H,4,14H2/t9-/m0/s1. The van der Waals surface area contributed by atoms with Crippen LogP contribution in [0.15, 0.2) is 18.2 Å². The molecule has 0 spiro atoms. The number of nitrogens with zero attached hydrogens (tertiary/aromatic N) is 1. The van der Waals surface area contributed by atoms with Gasteiger partial charge in [0.15, 0.2) is 0 Å². The van der Waals surface area contributed by atoms with Gasteiger partial charge in [0, 0.05) is 18.0 Å². The van der Waals surface area contributed by atoms with Gasteiger partial charge < -0.3 is 5.73 Å². The van der Waals surface area contributed by atoms with Crippen LogP contribution in [0.25, 0.3) is 0 Å². The molecule has 1 aromatic rings. The van der Waals surface area contributed by atoms with Crippen LogP contribution in [0, 0.1) is 11.3 Å². The van der Waals surface area contributed by atoms with Crippen molar-refractivity contribution in [2.45, 2.75) is 18.4 Å². The average molecular weight is 194 g/mol. The Kier molecular flexibility index (Phi) is 1.79. The van der Waals surface area contributed by atoms with Crippen molar-refractivity contribution in [3.63, 3.8) is 0 Å². The second-order valence-corrected chi connectivity index (χ2v) is 3.43. The molecule has 1 aliphatic carbocycles. The van der Waals surface area contributed by atoms with Gasteiger partial charge in [-0.05, 0) is 17.7 Å². The van der Waals surface area contributed by atoms with E-state index in [0.717, 1.165) is 0 Å². The summed E-state index contributed by atoms with van der Waals surface area (Å²) in [7, 11) is 0. The highest BCUT2D eigenvalue weighted by atomic mass is 19.3. The Morgan fingerprint density at radius 3 is 2.86 bits per heavy atom. The number of hydrogen-bond donors (Lipinski definition) is 1. The first kappa shape index (κ1) is 9.10. The second kappa shape index (κ2) is 2.76. The molecular weight excluding hydrogens is 186 g/mol. The third kappa shape index (κ3) is 1.17. The van der Waals surface area contributed by atoms with Gasteiger partial charge in [0.05, 0.1) is 11.6 Å². The lowest BCUT2D eigenvalue weighted by Gasteiger charge is -2.08. The zero-order chi connectivity index (χ0) is 10.3. The lowest BCUT2D eigenvalue weighted by molar-refractivity contribution is -0.00644. The molecule has 2 nitrogen and oxygen atoms in total. The molecule has 1 aromatic carbocycles. The summed E-state index contributed by atoms with van der Waals surface area (Å²) in [5, 5.41) is 8.58. The third-order valence-corrected chi connectivity index (χ3v) is 2.45. The summed E-state index contributed by atoms with van der Waals surface area (Å²) >= 11 is 0. The molecule has 0 aromatic heterocycles. The number of hydrogen-bond acceptors (Lipinski definition) is 2. The molecule has 72 valence electrons. The molecule has 2 N–H and O–H groups in total. The normalized spacial score (nSPS) is 22.9. The van der Waals surface area contributed by atoms with Gasteiger partial charge >= 0.3 is 0 Å². The number of rotatable bonds is 0. The lowest BCUT2D eigenvalue weighted by atomic mass is 10.0. The van der Waals surface area contributed by atoms with E-state index in [1.165, 1.54) is 18.2 Å². The summed E-state index contributed by atoms with van der Waals surface area (Å²) in [5.41, 5.74) is 6.16. The van der Waals surface area contributed by atoms with Gasteiger partial charge in [-0.15, -0.1) is 0 Å². The van der Waals surface area contributed by atoms with Crippen molar-refractivity contribution in [2.75, 3.05) is 0 Å². The van der Waals surface area contributed by atoms with Crippen molar-refractivity contribution in [1.82, 2.24) is 0 Å². The fourth-order valence-electron chi connectivity index (χ4n) is 1.76. The lowest BCUT2D eigenvalue weighted by Crippen LogP contribution is -2.11. The number of alkyl halides is 2. The molecule has 1 aliphatic rings. The zero-order valence-electron chi connectivity index (χ0n) is 7.30. The molecule has 0 heterocycles. The summed E-state index contributed by atoms with van der Waals surface area (Å²) in [4.78, 5) is 0. The molecule has 4 heteroatoms. The minimum atomic E-state index is -2.89. The SMILES string of the molecule is N#Cc1ccc2c(c1)C(F)(F)C[C@@H]2N. The fraction of sp³-hybridized carbons (Fsp3) is 0.300. The van der Waals surface area contributed by atoms with E-state index in [-0.39, 0.29) is 17.5 Å².